The van der Waals surface area contributed by atoms with Gasteiger partial charge >= 0.3 is 0 Å². The molecule has 0 spiro atoms. The molecule has 0 amide bonds. The molecule has 0 aliphatic carbocycles. The van der Waals surface area contributed by atoms with Crippen molar-refractivity contribution in [1.82, 2.24) is 0 Å². The van der Waals surface area contributed by atoms with Gasteiger partial charge in [-0.05, 0) is 19.8 Å². The highest BCUT2D eigenvalue weighted by Gasteiger charge is 2.08. The molecule has 0 aromatic carbocycles. The Morgan fingerprint density at radius 1 is 1.36 bits per heavy atom. The van der Waals surface area contributed by atoms with E-state index < -0.39 is 0 Å². The summed E-state index contributed by atoms with van der Waals surface area (Å²) in [7, 11) is 0. The standard InChI is InChI=1S/C9H20O2/c1-4-6-9(5-2)11-8(3)7-10/h8-10H,4-7H2,1-3H3. The Hall–Kier alpha value is -0.0800. The van der Waals surface area contributed by atoms with Gasteiger partial charge in [0.25, 0.3) is 0 Å². The quantitative estimate of drug-likeness (QED) is 0.643. The van der Waals surface area contributed by atoms with Crippen molar-refractivity contribution >= 4 is 0 Å². The van der Waals surface area contributed by atoms with Gasteiger partial charge in [-0.15, -0.1) is 0 Å². The number of hydrogen-bond donors (Lipinski definition) is 1. The number of aliphatic hydroxyl groups is 1. The molecular weight excluding hydrogens is 140 g/mol. The average Bonchev–Trinajstić information content (AvgIpc) is 2.03. The average molecular weight is 160 g/mol. The van der Waals surface area contributed by atoms with Crippen LogP contribution < -0.4 is 0 Å². The molecule has 0 aliphatic rings. The van der Waals surface area contributed by atoms with E-state index in [-0.39, 0.29) is 12.7 Å². The molecule has 0 aromatic heterocycles. The normalized spacial score (nSPS) is 16.4. The maximum Gasteiger partial charge on any atom is 0.0781 e. The molecule has 0 saturated carbocycles. The van der Waals surface area contributed by atoms with Crippen molar-refractivity contribution in [1.29, 1.82) is 0 Å². The van der Waals surface area contributed by atoms with E-state index in [0.717, 1.165) is 19.3 Å². The first-order chi connectivity index (χ1) is 5.24. The van der Waals surface area contributed by atoms with E-state index in [1.165, 1.54) is 0 Å². The second-order valence-electron chi connectivity index (χ2n) is 2.95. The number of ether oxygens (including phenoxy) is 1. The minimum Gasteiger partial charge on any atom is -0.394 e. The highest BCUT2D eigenvalue weighted by molar-refractivity contribution is 4.57. The molecule has 2 nitrogen and oxygen atoms in total. The Labute approximate surface area is 69.6 Å². The van der Waals surface area contributed by atoms with E-state index >= 15 is 0 Å². The molecule has 0 aliphatic heterocycles. The Kier molecular flexibility index (Phi) is 6.57. The Balaban J connectivity index is 3.49. The van der Waals surface area contributed by atoms with Gasteiger partial charge < -0.3 is 9.84 Å². The molecule has 0 radical (unpaired) electrons. The summed E-state index contributed by atoms with van der Waals surface area (Å²) in [6, 6.07) is 0. The summed E-state index contributed by atoms with van der Waals surface area (Å²) in [6.07, 6.45) is 3.61. The molecule has 0 aromatic rings. The second-order valence-corrected chi connectivity index (χ2v) is 2.95. The first-order valence-corrected chi connectivity index (χ1v) is 4.50. The van der Waals surface area contributed by atoms with Gasteiger partial charge in [0, 0.05) is 0 Å². The van der Waals surface area contributed by atoms with Crippen LogP contribution in [0.25, 0.3) is 0 Å². The van der Waals surface area contributed by atoms with Gasteiger partial charge in [0.05, 0.1) is 18.8 Å². The summed E-state index contributed by atoms with van der Waals surface area (Å²) in [4.78, 5) is 0. The molecule has 2 heteroatoms. The fourth-order valence-corrected chi connectivity index (χ4v) is 1.06. The van der Waals surface area contributed by atoms with Gasteiger partial charge in [-0.2, -0.15) is 0 Å². The highest BCUT2D eigenvalue weighted by atomic mass is 16.5. The van der Waals surface area contributed by atoms with Crippen LogP contribution in [-0.2, 0) is 4.74 Å². The Morgan fingerprint density at radius 2 is 2.00 bits per heavy atom. The molecule has 0 heterocycles. The lowest BCUT2D eigenvalue weighted by Gasteiger charge is -2.19. The fraction of sp³-hybridized carbons (Fsp3) is 1.00. The summed E-state index contributed by atoms with van der Waals surface area (Å²) in [5.74, 6) is 0. The minimum absolute atomic E-state index is 0.00787. The summed E-state index contributed by atoms with van der Waals surface area (Å²) in [5, 5.41) is 8.72. The summed E-state index contributed by atoms with van der Waals surface area (Å²) < 4.78 is 5.54. The summed E-state index contributed by atoms with van der Waals surface area (Å²) in [5.41, 5.74) is 0. The van der Waals surface area contributed by atoms with Gasteiger partial charge in [0.1, 0.15) is 0 Å². The van der Waals surface area contributed by atoms with Gasteiger partial charge in [0.2, 0.25) is 0 Å². The van der Waals surface area contributed by atoms with Crippen LogP contribution in [0.5, 0.6) is 0 Å². The maximum absolute atomic E-state index is 8.72. The van der Waals surface area contributed by atoms with Crippen LogP contribution in [0.1, 0.15) is 40.0 Å². The lowest BCUT2D eigenvalue weighted by atomic mass is 10.1. The predicted octanol–water partition coefficient (Wildman–Crippen LogP) is 1.96. The predicted molar refractivity (Wildman–Crippen MR) is 46.6 cm³/mol. The molecule has 2 atom stereocenters. The first kappa shape index (κ1) is 10.9. The zero-order valence-electron chi connectivity index (χ0n) is 7.84. The third-order valence-electron chi connectivity index (χ3n) is 1.75. The zero-order chi connectivity index (χ0) is 8.69. The smallest absolute Gasteiger partial charge is 0.0781 e. The zero-order valence-corrected chi connectivity index (χ0v) is 7.84. The van der Waals surface area contributed by atoms with Crippen LogP contribution in [0.15, 0.2) is 0 Å². The molecule has 11 heavy (non-hydrogen) atoms. The largest absolute Gasteiger partial charge is 0.394 e. The fourth-order valence-electron chi connectivity index (χ4n) is 1.06. The molecule has 2 unspecified atom stereocenters. The number of rotatable bonds is 6. The van der Waals surface area contributed by atoms with Crippen LogP contribution >= 0.6 is 0 Å². The van der Waals surface area contributed by atoms with Crippen molar-refractivity contribution in [2.24, 2.45) is 0 Å². The summed E-state index contributed by atoms with van der Waals surface area (Å²) in [6.45, 7) is 6.29. The first-order valence-electron chi connectivity index (χ1n) is 4.50. The van der Waals surface area contributed by atoms with Gasteiger partial charge in [-0.1, -0.05) is 20.3 Å². The Morgan fingerprint density at radius 3 is 2.36 bits per heavy atom. The molecule has 0 saturated heterocycles. The van der Waals surface area contributed by atoms with Crippen LogP contribution in [0.4, 0.5) is 0 Å². The second kappa shape index (κ2) is 6.62. The van der Waals surface area contributed by atoms with Crippen molar-refractivity contribution < 1.29 is 9.84 Å². The van der Waals surface area contributed by atoms with E-state index in [4.69, 9.17) is 9.84 Å². The SMILES string of the molecule is CCCC(CC)OC(C)CO. The minimum atomic E-state index is -0.00787. The van der Waals surface area contributed by atoms with Crippen LogP contribution in [0.2, 0.25) is 0 Å². The molecule has 1 N–H and O–H groups in total. The molecule has 0 fully saturated rings. The molecule has 68 valence electrons. The van der Waals surface area contributed by atoms with E-state index in [2.05, 4.69) is 13.8 Å². The van der Waals surface area contributed by atoms with E-state index in [9.17, 15) is 0 Å². The van der Waals surface area contributed by atoms with E-state index in [0.29, 0.717) is 6.10 Å². The number of hydrogen-bond acceptors (Lipinski definition) is 2. The van der Waals surface area contributed by atoms with Crippen LogP contribution in [-0.4, -0.2) is 23.9 Å². The third-order valence-corrected chi connectivity index (χ3v) is 1.75. The highest BCUT2D eigenvalue weighted by Crippen LogP contribution is 2.08. The van der Waals surface area contributed by atoms with Gasteiger partial charge in [-0.25, -0.2) is 0 Å². The monoisotopic (exact) mass is 160 g/mol. The van der Waals surface area contributed by atoms with Crippen molar-refractivity contribution in [2.45, 2.75) is 52.2 Å². The van der Waals surface area contributed by atoms with E-state index in [1.54, 1.807) is 0 Å². The molecule has 0 bridgehead atoms. The molecule has 0 rings (SSSR count). The number of aliphatic hydroxyl groups excluding tert-OH is 1. The van der Waals surface area contributed by atoms with Crippen molar-refractivity contribution in [3.8, 4) is 0 Å². The maximum atomic E-state index is 8.72. The van der Waals surface area contributed by atoms with Crippen molar-refractivity contribution in [2.75, 3.05) is 6.61 Å². The summed E-state index contributed by atoms with van der Waals surface area (Å²) >= 11 is 0. The van der Waals surface area contributed by atoms with Gasteiger partial charge in [0.15, 0.2) is 0 Å². The third kappa shape index (κ3) is 5.22. The van der Waals surface area contributed by atoms with Crippen LogP contribution in [0.3, 0.4) is 0 Å². The molecular formula is C9H20O2. The lowest BCUT2D eigenvalue weighted by Crippen LogP contribution is -2.21. The van der Waals surface area contributed by atoms with Crippen molar-refractivity contribution in [3.05, 3.63) is 0 Å². The van der Waals surface area contributed by atoms with Crippen LogP contribution in [0, 0.1) is 0 Å². The van der Waals surface area contributed by atoms with Gasteiger partial charge in [-0.3, -0.25) is 0 Å². The lowest BCUT2D eigenvalue weighted by molar-refractivity contribution is -0.0340. The van der Waals surface area contributed by atoms with Crippen molar-refractivity contribution in [3.63, 3.8) is 0 Å². The van der Waals surface area contributed by atoms with E-state index in [1.807, 2.05) is 6.92 Å². The topological polar surface area (TPSA) is 29.5 Å². The Bertz CT molecular complexity index is 83.6.